The highest BCUT2D eigenvalue weighted by molar-refractivity contribution is 7.89. The van der Waals surface area contributed by atoms with Crippen molar-refractivity contribution in [2.45, 2.75) is 23.8 Å². The first-order valence-electron chi connectivity index (χ1n) is 9.94. The maximum Gasteiger partial charge on any atom is 0.238 e. The van der Waals surface area contributed by atoms with E-state index in [1.54, 1.807) is 36.5 Å². The molecular weight excluding hydrogens is 430 g/mol. The third-order valence-electron chi connectivity index (χ3n) is 4.95. The van der Waals surface area contributed by atoms with Crippen molar-refractivity contribution < 1.29 is 17.9 Å². The summed E-state index contributed by atoms with van der Waals surface area (Å²) in [4.78, 5) is 8.72. The van der Waals surface area contributed by atoms with Gasteiger partial charge in [-0.1, -0.05) is 0 Å². The first-order valence-corrected chi connectivity index (χ1v) is 11.5. The van der Waals surface area contributed by atoms with Crippen LogP contribution in [0.1, 0.15) is 18.4 Å². The quantitative estimate of drug-likeness (QED) is 0.583. The van der Waals surface area contributed by atoms with E-state index >= 15 is 0 Å². The van der Waals surface area contributed by atoms with E-state index in [2.05, 4.69) is 21.4 Å². The fourth-order valence-electron chi connectivity index (χ4n) is 3.29. The van der Waals surface area contributed by atoms with Crippen molar-refractivity contribution in [2.75, 3.05) is 18.5 Å². The highest BCUT2D eigenvalue weighted by Gasteiger charge is 2.17. The van der Waals surface area contributed by atoms with Crippen molar-refractivity contribution >= 4 is 21.7 Å². The molecule has 0 bridgehead atoms. The lowest BCUT2D eigenvalue weighted by molar-refractivity contribution is 0.0254. The molecule has 2 aromatic carbocycles. The largest absolute Gasteiger partial charge is 0.489 e. The Morgan fingerprint density at radius 3 is 2.56 bits per heavy atom. The van der Waals surface area contributed by atoms with Crippen LogP contribution in [0.3, 0.4) is 0 Å². The molecule has 0 unspecified atom stereocenters. The van der Waals surface area contributed by atoms with Gasteiger partial charge in [0.25, 0.3) is 0 Å². The molecule has 3 aromatic rings. The topological polar surface area (TPSA) is 140 Å². The fraction of sp³-hybridized carbons (Fsp3) is 0.227. The van der Waals surface area contributed by atoms with E-state index in [1.807, 2.05) is 6.07 Å². The number of nitrogens with one attached hydrogen (secondary N) is 1. The standard InChI is InChI=1S/C22H21N5O4S/c23-14-16-13-15(1-6-21(16)31-18-8-11-30-12-9-18)20-7-10-25-22(27-20)26-17-2-4-19(5-3-17)32(24,28)29/h1-7,10,13,18H,8-9,11-12H2,(H2,24,28,29)(H,25,26,27). The maximum absolute atomic E-state index is 11.4. The number of hydrogen-bond acceptors (Lipinski definition) is 8. The lowest BCUT2D eigenvalue weighted by Gasteiger charge is -2.23. The minimum absolute atomic E-state index is 0.0183. The van der Waals surface area contributed by atoms with E-state index in [0.717, 1.165) is 18.4 Å². The third-order valence-corrected chi connectivity index (χ3v) is 5.88. The zero-order valence-electron chi connectivity index (χ0n) is 17.1. The second kappa shape index (κ2) is 9.32. The first-order chi connectivity index (χ1) is 15.4. The van der Waals surface area contributed by atoms with Crippen LogP contribution in [-0.2, 0) is 14.8 Å². The number of benzene rings is 2. The number of nitrogens with two attached hydrogens (primary N) is 1. The van der Waals surface area contributed by atoms with Gasteiger partial charge in [-0.15, -0.1) is 0 Å². The second-order valence-electron chi connectivity index (χ2n) is 7.21. The minimum Gasteiger partial charge on any atom is -0.489 e. The highest BCUT2D eigenvalue weighted by atomic mass is 32.2. The molecule has 0 amide bonds. The number of sulfonamides is 1. The van der Waals surface area contributed by atoms with Gasteiger partial charge >= 0.3 is 0 Å². The van der Waals surface area contributed by atoms with Gasteiger partial charge in [-0.25, -0.2) is 23.5 Å². The summed E-state index contributed by atoms with van der Waals surface area (Å²) in [6, 6.07) is 15.3. The van der Waals surface area contributed by atoms with Gasteiger partial charge in [0, 0.05) is 30.3 Å². The summed E-state index contributed by atoms with van der Waals surface area (Å²) in [6.07, 6.45) is 3.23. The van der Waals surface area contributed by atoms with Gasteiger partial charge in [-0.3, -0.25) is 0 Å². The summed E-state index contributed by atoms with van der Waals surface area (Å²) >= 11 is 0. The van der Waals surface area contributed by atoms with Gasteiger partial charge in [0.2, 0.25) is 16.0 Å². The molecule has 32 heavy (non-hydrogen) atoms. The Hall–Kier alpha value is -3.52. The third kappa shape index (κ3) is 5.20. The van der Waals surface area contributed by atoms with Gasteiger partial charge in [-0.2, -0.15) is 5.26 Å². The molecule has 1 aliphatic rings. The molecule has 1 aromatic heterocycles. The van der Waals surface area contributed by atoms with Crippen molar-refractivity contribution in [3.63, 3.8) is 0 Å². The molecule has 1 aliphatic heterocycles. The monoisotopic (exact) mass is 451 g/mol. The van der Waals surface area contributed by atoms with Crippen molar-refractivity contribution in [3.05, 3.63) is 60.3 Å². The Balaban J connectivity index is 1.53. The number of nitriles is 1. The lowest BCUT2D eigenvalue weighted by atomic mass is 10.1. The second-order valence-corrected chi connectivity index (χ2v) is 8.77. The Bertz CT molecular complexity index is 1250. The predicted octanol–water partition coefficient (Wildman–Crippen LogP) is 2.96. The van der Waals surface area contributed by atoms with Gasteiger partial charge in [0.05, 0.1) is 29.4 Å². The van der Waals surface area contributed by atoms with Gasteiger partial charge in [-0.05, 0) is 48.5 Å². The van der Waals surface area contributed by atoms with Crippen molar-refractivity contribution in [3.8, 4) is 23.1 Å². The molecule has 9 nitrogen and oxygen atoms in total. The summed E-state index contributed by atoms with van der Waals surface area (Å²) in [5, 5.41) is 17.7. The minimum atomic E-state index is -3.76. The normalized spacial score (nSPS) is 14.5. The van der Waals surface area contributed by atoms with E-state index in [1.165, 1.54) is 12.1 Å². The maximum atomic E-state index is 11.4. The van der Waals surface area contributed by atoms with Crippen LogP contribution in [0.5, 0.6) is 5.75 Å². The molecule has 1 fully saturated rings. The average molecular weight is 452 g/mol. The summed E-state index contributed by atoms with van der Waals surface area (Å²) in [7, 11) is -3.76. The number of hydrogen-bond donors (Lipinski definition) is 2. The molecule has 0 saturated carbocycles. The van der Waals surface area contributed by atoms with E-state index in [0.29, 0.717) is 41.9 Å². The van der Waals surface area contributed by atoms with Crippen LogP contribution in [0, 0.1) is 11.3 Å². The molecule has 0 aliphatic carbocycles. The number of ether oxygens (including phenoxy) is 2. The summed E-state index contributed by atoms with van der Waals surface area (Å²) in [6.45, 7) is 1.32. The van der Waals surface area contributed by atoms with Crippen LogP contribution in [0.4, 0.5) is 11.6 Å². The molecule has 0 radical (unpaired) electrons. The summed E-state index contributed by atoms with van der Waals surface area (Å²) in [5.74, 6) is 0.873. The van der Waals surface area contributed by atoms with Gasteiger partial charge < -0.3 is 14.8 Å². The smallest absolute Gasteiger partial charge is 0.238 e. The number of primary sulfonamides is 1. The van der Waals surface area contributed by atoms with Crippen LogP contribution in [0.25, 0.3) is 11.3 Å². The van der Waals surface area contributed by atoms with Crippen molar-refractivity contribution in [2.24, 2.45) is 5.14 Å². The van der Waals surface area contributed by atoms with Crippen LogP contribution in [-0.4, -0.2) is 37.7 Å². The Labute approximate surface area is 185 Å². The van der Waals surface area contributed by atoms with Crippen molar-refractivity contribution in [1.29, 1.82) is 5.26 Å². The Morgan fingerprint density at radius 1 is 1.12 bits per heavy atom. The van der Waals surface area contributed by atoms with Gasteiger partial charge in [0.15, 0.2) is 0 Å². The van der Waals surface area contributed by atoms with Crippen molar-refractivity contribution in [1.82, 2.24) is 9.97 Å². The molecule has 10 heteroatoms. The number of rotatable bonds is 6. The fourth-order valence-corrected chi connectivity index (χ4v) is 3.81. The highest BCUT2D eigenvalue weighted by Crippen LogP contribution is 2.28. The van der Waals surface area contributed by atoms with Gasteiger partial charge in [0.1, 0.15) is 17.9 Å². The predicted molar refractivity (Wildman–Crippen MR) is 118 cm³/mol. The summed E-state index contributed by atoms with van der Waals surface area (Å²) in [5.41, 5.74) is 2.40. The average Bonchev–Trinajstić information content (AvgIpc) is 2.80. The van der Waals surface area contributed by atoms with E-state index < -0.39 is 10.0 Å². The molecule has 4 rings (SSSR count). The molecule has 3 N–H and O–H groups in total. The number of aromatic nitrogens is 2. The number of anilines is 2. The van der Waals surface area contributed by atoms with Crippen LogP contribution in [0.15, 0.2) is 59.6 Å². The molecule has 2 heterocycles. The molecule has 0 spiro atoms. The zero-order chi connectivity index (χ0) is 22.6. The molecule has 1 saturated heterocycles. The number of nitrogens with zero attached hydrogens (tertiary/aromatic N) is 3. The lowest BCUT2D eigenvalue weighted by Crippen LogP contribution is -2.26. The van der Waals surface area contributed by atoms with Crippen LogP contribution in [0.2, 0.25) is 0 Å². The SMILES string of the molecule is N#Cc1cc(-c2ccnc(Nc3ccc(S(N)(=O)=O)cc3)n2)ccc1OC1CCOCC1. The zero-order valence-corrected chi connectivity index (χ0v) is 17.9. The summed E-state index contributed by atoms with van der Waals surface area (Å²) < 4.78 is 34.1. The van der Waals surface area contributed by atoms with E-state index in [9.17, 15) is 13.7 Å². The van der Waals surface area contributed by atoms with E-state index in [-0.39, 0.29) is 11.0 Å². The first kappa shape index (κ1) is 21.7. The van der Waals surface area contributed by atoms with E-state index in [4.69, 9.17) is 14.6 Å². The molecule has 0 atom stereocenters. The Kier molecular flexibility index (Phi) is 6.32. The van der Waals surface area contributed by atoms with Crippen LogP contribution < -0.4 is 15.2 Å². The molecular formula is C22H21N5O4S. The molecule has 164 valence electrons. The van der Waals surface area contributed by atoms with Crippen LogP contribution >= 0.6 is 0 Å². The Morgan fingerprint density at radius 2 is 1.88 bits per heavy atom.